The molecule has 0 spiro atoms. The molecule has 0 aliphatic carbocycles. The van der Waals surface area contributed by atoms with E-state index >= 15 is 0 Å². The van der Waals surface area contributed by atoms with Gasteiger partial charge in [0, 0.05) is 22.5 Å². The summed E-state index contributed by atoms with van der Waals surface area (Å²) >= 11 is 0. The number of aromatic nitrogens is 1. The molecule has 1 aliphatic rings. The molecule has 0 saturated heterocycles. The minimum absolute atomic E-state index is 0.108. The number of sulfone groups is 1. The van der Waals surface area contributed by atoms with Crippen LogP contribution in [0.3, 0.4) is 0 Å². The normalized spacial score (nSPS) is 19.7. The number of benzene rings is 1. The van der Waals surface area contributed by atoms with E-state index in [9.17, 15) is 18.6 Å². The second kappa shape index (κ2) is 4.98. The highest BCUT2D eigenvalue weighted by molar-refractivity contribution is 7.91. The maximum Gasteiger partial charge on any atom is 0.181 e. The molecule has 0 amide bonds. The van der Waals surface area contributed by atoms with Gasteiger partial charge in [-0.3, -0.25) is 0 Å². The van der Waals surface area contributed by atoms with E-state index < -0.39 is 15.2 Å². The van der Waals surface area contributed by atoms with E-state index in [1.807, 2.05) is 18.2 Å². The third kappa shape index (κ3) is 2.02. The number of hydrogen-bond donors (Lipinski definition) is 2. The Morgan fingerprint density at radius 2 is 1.76 bits per heavy atom. The lowest BCUT2D eigenvalue weighted by Gasteiger charge is -2.16. The molecule has 0 bridgehead atoms. The smallest absolute Gasteiger partial charge is 0.181 e. The van der Waals surface area contributed by atoms with Crippen LogP contribution in [-0.4, -0.2) is 23.2 Å². The molecule has 5 nitrogen and oxygen atoms in total. The monoisotopic (exact) mass is 307 g/mol. The standard InChI is InChI=1S/C15H17NO4S/c1-10-12(7-17)13(8-18)14-9-21(19,20)15(16(10)14)11-5-3-2-4-6-11/h2-6,15,17-18H,7-9H2,1H3/t15-/m1/s1. The second-order valence-electron chi connectivity index (χ2n) is 5.25. The van der Waals surface area contributed by atoms with Gasteiger partial charge in [-0.1, -0.05) is 30.3 Å². The van der Waals surface area contributed by atoms with Crippen LogP contribution in [-0.2, 0) is 28.8 Å². The van der Waals surface area contributed by atoms with Gasteiger partial charge in [-0.05, 0) is 12.5 Å². The largest absolute Gasteiger partial charge is 0.392 e. The van der Waals surface area contributed by atoms with Crippen LogP contribution < -0.4 is 0 Å². The highest BCUT2D eigenvalue weighted by Gasteiger charge is 2.41. The van der Waals surface area contributed by atoms with Crippen LogP contribution >= 0.6 is 0 Å². The van der Waals surface area contributed by atoms with Crippen LogP contribution in [0.1, 0.15) is 33.5 Å². The molecule has 0 radical (unpaired) electrons. The molecule has 2 aromatic rings. The third-order valence-corrected chi connectivity index (χ3v) is 5.95. The van der Waals surface area contributed by atoms with Gasteiger partial charge in [0.2, 0.25) is 0 Å². The minimum Gasteiger partial charge on any atom is -0.392 e. The molecular formula is C15H17NO4S. The Morgan fingerprint density at radius 1 is 1.14 bits per heavy atom. The van der Waals surface area contributed by atoms with Gasteiger partial charge in [0.1, 0.15) is 0 Å². The van der Waals surface area contributed by atoms with Gasteiger partial charge in [-0.2, -0.15) is 0 Å². The predicted octanol–water partition coefficient (Wildman–Crippen LogP) is 1.26. The number of aliphatic hydroxyl groups excluding tert-OH is 2. The van der Waals surface area contributed by atoms with Crippen LogP contribution in [0.25, 0.3) is 0 Å². The molecule has 0 unspecified atom stereocenters. The molecule has 112 valence electrons. The summed E-state index contributed by atoms with van der Waals surface area (Å²) in [7, 11) is -3.37. The fourth-order valence-corrected chi connectivity index (χ4v) is 5.19. The third-order valence-electron chi connectivity index (χ3n) is 4.12. The highest BCUT2D eigenvalue weighted by Crippen LogP contribution is 2.41. The lowest BCUT2D eigenvalue weighted by atomic mass is 10.1. The number of fused-ring (bicyclic) bond motifs is 1. The van der Waals surface area contributed by atoms with Gasteiger partial charge < -0.3 is 14.8 Å². The lowest BCUT2D eigenvalue weighted by molar-refractivity contribution is 0.260. The zero-order valence-electron chi connectivity index (χ0n) is 11.7. The fourth-order valence-electron chi connectivity index (χ4n) is 3.16. The van der Waals surface area contributed by atoms with Crippen LogP contribution in [0.4, 0.5) is 0 Å². The van der Waals surface area contributed by atoms with Gasteiger partial charge in [-0.15, -0.1) is 0 Å². The van der Waals surface area contributed by atoms with Gasteiger partial charge >= 0.3 is 0 Å². The molecule has 2 heterocycles. The van der Waals surface area contributed by atoms with Gasteiger partial charge in [0.05, 0.1) is 19.0 Å². The zero-order chi connectivity index (χ0) is 15.2. The summed E-state index contributed by atoms with van der Waals surface area (Å²) in [5.74, 6) is -0.108. The SMILES string of the molecule is Cc1c(CO)c(CO)c2n1[C@@H](c1ccccc1)S(=O)(=O)C2. The Hall–Kier alpha value is -1.63. The lowest BCUT2D eigenvalue weighted by Crippen LogP contribution is -2.15. The van der Waals surface area contributed by atoms with E-state index in [0.717, 1.165) is 0 Å². The first kappa shape index (κ1) is 14.3. The van der Waals surface area contributed by atoms with E-state index in [2.05, 4.69) is 0 Å². The van der Waals surface area contributed by atoms with Crippen molar-refractivity contribution in [3.8, 4) is 0 Å². The van der Waals surface area contributed by atoms with E-state index in [1.54, 1.807) is 23.6 Å². The molecule has 21 heavy (non-hydrogen) atoms. The first-order valence-electron chi connectivity index (χ1n) is 6.71. The van der Waals surface area contributed by atoms with Crippen molar-refractivity contribution >= 4 is 9.84 Å². The zero-order valence-corrected chi connectivity index (χ0v) is 12.5. The second-order valence-corrected chi connectivity index (χ2v) is 7.31. The van der Waals surface area contributed by atoms with Gasteiger partial charge in [-0.25, -0.2) is 8.42 Å². The summed E-state index contributed by atoms with van der Waals surface area (Å²) in [6.45, 7) is 1.31. The van der Waals surface area contributed by atoms with E-state index in [1.165, 1.54) is 0 Å². The average Bonchev–Trinajstić information content (AvgIpc) is 2.88. The minimum atomic E-state index is -3.37. The highest BCUT2D eigenvalue weighted by atomic mass is 32.2. The van der Waals surface area contributed by atoms with Gasteiger partial charge in [0.25, 0.3) is 0 Å². The van der Waals surface area contributed by atoms with Crippen molar-refractivity contribution in [2.75, 3.05) is 0 Å². The Morgan fingerprint density at radius 3 is 2.33 bits per heavy atom. The number of hydrogen-bond acceptors (Lipinski definition) is 4. The number of rotatable bonds is 3. The topological polar surface area (TPSA) is 79.5 Å². The Labute approximate surface area is 123 Å². The van der Waals surface area contributed by atoms with E-state index in [4.69, 9.17) is 0 Å². The average molecular weight is 307 g/mol. The molecule has 0 fully saturated rings. The van der Waals surface area contributed by atoms with Crippen LogP contribution in [0.15, 0.2) is 30.3 Å². The predicted molar refractivity (Wildman–Crippen MR) is 78.2 cm³/mol. The molecule has 1 aromatic heterocycles. The maximum atomic E-state index is 12.5. The molecule has 1 aromatic carbocycles. The summed E-state index contributed by atoms with van der Waals surface area (Å²) < 4.78 is 26.8. The van der Waals surface area contributed by atoms with Crippen LogP contribution in [0.5, 0.6) is 0 Å². The number of nitrogens with zero attached hydrogens (tertiary/aromatic N) is 1. The first-order chi connectivity index (χ1) is 10.0. The van der Waals surface area contributed by atoms with Crippen molar-refractivity contribution in [1.82, 2.24) is 4.57 Å². The van der Waals surface area contributed by atoms with Crippen LogP contribution in [0, 0.1) is 6.92 Å². The summed E-state index contributed by atoms with van der Waals surface area (Å²) in [6.07, 6.45) is 0. The van der Waals surface area contributed by atoms with Crippen molar-refractivity contribution in [1.29, 1.82) is 0 Å². The summed E-state index contributed by atoms with van der Waals surface area (Å²) in [5, 5.41) is 18.3. The molecule has 2 N–H and O–H groups in total. The molecule has 1 atom stereocenters. The molecule has 3 rings (SSSR count). The van der Waals surface area contributed by atoms with Crippen molar-refractivity contribution in [3.05, 3.63) is 58.4 Å². The quantitative estimate of drug-likeness (QED) is 0.894. The maximum absolute atomic E-state index is 12.5. The molecule has 0 saturated carbocycles. The molecule has 1 aliphatic heterocycles. The summed E-state index contributed by atoms with van der Waals surface area (Å²) in [6, 6.07) is 9.03. The van der Waals surface area contributed by atoms with Gasteiger partial charge in [0.15, 0.2) is 15.2 Å². The summed E-state index contributed by atoms with van der Waals surface area (Å²) in [5.41, 5.74) is 3.16. The van der Waals surface area contributed by atoms with Crippen molar-refractivity contribution in [2.24, 2.45) is 0 Å². The molecule has 6 heteroatoms. The summed E-state index contributed by atoms with van der Waals surface area (Å²) in [4.78, 5) is 0. The molecular weight excluding hydrogens is 290 g/mol. The Kier molecular flexibility index (Phi) is 3.39. The van der Waals surface area contributed by atoms with Crippen molar-refractivity contribution in [2.45, 2.75) is 31.3 Å². The van der Waals surface area contributed by atoms with Crippen LogP contribution in [0.2, 0.25) is 0 Å². The number of aliphatic hydroxyl groups is 2. The van der Waals surface area contributed by atoms with E-state index in [-0.39, 0.29) is 19.0 Å². The first-order valence-corrected chi connectivity index (χ1v) is 8.42. The van der Waals surface area contributed by atoms with Crippen molar-refractivity contribution in [3.63, 3.8) is 0 Å². The van der Waals surface area contributed by atoms with Crippen molar-refractivity contribution < 1.29 is 18.6 Å². The Bertz CT molecular complexity index is 778. The Balaban J connectivity index is 2.28. The fraction of sp³-hybridized carbons (Fsp3) is 0.333. The van der Waals surface area contributed by atoms with E-state index in [0.29, 0.717) is 28.1 Å².